The van der Waals surface area contributed by atoms with Gasteiger partial charge in [-0.2, -0.15) is 0 Å². The Kier molecular flexibility index (Phi) is 6.58. The Morgan fingerprint density at radius 2 is 1.77 bits per heavy atom. The van der Waals surface area contributed by atoms with Crippen LogP contribution in [0.5, 0.6) is 11.5 Å². The highest BCUT2D eigenvalue weighted by Gasteiger charge is 2.19. The number of carbonyl (C=O) groups excluding carboxylic acids is 1. The second-order valence-corrected chi connectivity index (χ2v) is 8.81. The maximum Gasteiger partial charge on any atom is 0.263 e. The van der Waals surface area contributed by atoms with E-state index in [0.717, 1.165) is 11.1 Å². The maximum absolute atomic E-state index is 12.7. The molecule has 0 aliphatic carbocycles. The molecule has 3 aromatic rings. The third-order valence-electron chi connectivity index (χ3n) is 4.18. The number of hydrogen-bond donors (Lipinski definition) is 2. The number of hydrogen-bond acceptors (Lipinski definition) is 7. The summed E-state index contributed by atoms with van der Waals surface area (Å²) in [4.78, 5) is 15.4. The summed E-state index contributed by atoms with van der Waals surface area (Å²) in [7, 11) is -0.919. The zero-order valence-corrected chi connectivity index (χ0v) is 18.3. The summed E-state index contributed by atoms with van der Waals surface area (Å²) in [6.45, 7) is 1.91. The zero-order valence-electron chi connectivity index (χ0n) is 16.6. The molecule has 0 saturated heterocycles. The molecule has 0 spiro atoms. The van der Waals surface area contributed by atoms with Gasteiger partial charge in [0.05, 0.1) is 24.8 Å². The van der Waals surface area contributed by atoms with Gasteiger partial charge >= 0.3 is 0 Å². The average Bonchev–Trinajstić information content (AvgIpc) is 3.19. The van der Waals surface area contributed by atoms with E-state index in [1.54, 1.807) is 5.38 Å². The topological polar surface area (TPSA) is 107 Å². The second kappa shape index (κ2) is 9.14. The Labute approximate surface area is 178 Å². The normalized spacial score (nSPS) is 11.0. The first-order valence-electron chi connectivity index (χ1n) is 8.86. The molecule has 1 aromatic heterocycles. The van der Waals surface area contributed by atoms with Crippen LogP contribution >= 0.6 is 11.3 Å². The third-order valence-corrected chi connectivity index (χ3v) is 6.41. The molecule has 1 amide bonds. The summed E-state index contributed by atoms with van der Waals surface area (Å²) in [6, 6.07) is 11.9. The van der Waals surface area contributed by atoms with Crippen molar-refractivity contribution in [1.82, 2.24) is 10.3 Å². The summed E-state index contributed by atoms with van der Waals surface area (Å²) >= 11 is 1.19. The number of benzene rings is 2. The van der Waals surface area contributed by atoms with Crippen LogP contribution in [0.15, 0.2) is 52.7 Å². The molecule has 2 N–H and O–H groups in total. The lowest BCUT2D eigenvalue weighted by molar-refractivity contribution is -0.119. The molecule has 0 unspecified atom stereocenters. The Morgan fingerprint density at radius 1 is 1.07 bits per heavy atom. The number of carbonyl (C=O) groups is 1. The van der Waals surface area contributed by atoms with Crippen molar-refractivity contribution in [3.05, 3.63) is 53.4 Å². The largest absolute Gasteiger partial charge is 0.493 e. The number of aromatic nitrogens is 1. The predicted molar refractivity (Wildman–Crippen MR) is 115 cm³/mol. The van der Waals surface area contributed by atoms with Gasteiger partial charge in [-0.3, -0.25) is 9.52 Å². The molecule has 30 heavy (non-hydrogen) atoms. The van der Waals surface area contributed by atoms with E-state index in [-0.39, 0.29) is 15.9 Å². The molecule has 0 atom stereocenters. The number of nitrogens with zero attached hydrogens (tertiary/aromatic N) is 1. The Morgan fingerprint density at radius 3 is 2.40 bits per heavy atom. The SMILES string of the molecule is COc1ccc(S(=O)(=O)Nc2nc(-c3ccc(CNC(C)=O)cc3)cs2)cc1OC. The number of nitrogens with one attached hydrogen (secondary N) is 2. The van der Waals surface area contributed by atoms with Crippen molar-refractivity contribution in [2.24, 2.45) is 0 Å². The second-order valence-electron chi connectivity index (χ2n) is 6.27. The van der Waals surface area contributed by atoms with Crippen molar-refractivity contribution in [1.29, 1.82) is 0 Å². The van der Waals surface area contributed by atoms with Crippen LogP contribution in [0, 0.1) is 0 Å². The van der Waals surface area contributed by atoms with E-state index < -0.39 is 10.0 Å². The van der Waals surface area contributed by atoms with Crippen molar-refractivity contribution in [2.45, 2.75) is 18.4 Å². The first-order chi connectivity index (χ1) is 14.3. The maximum atomic E-state index is 12.7. The van der Waals surface area contributed by atoms with Crippen molar-refractivity contribution >= 4 is 32.4 Å². The molecular weight excluding hydrogens is 426 g/mol. The van der Waals surface area contributed by atoms with Crippen molar-refractivity contribution in [3.63, 3.8) is 0 Å². The van der Waals surface area contributed by atoms with Crippen molar-refractivity contribution < 1.29 is 22.7 Å². The van der Waals surface area contributed by atoms with Crippen LogP contribution in [0.25, 0.3) is 11.3 Å². The fourth-order valence-corrected chi connectivity index (χ4v) is 4.62. The monoisotopic (exact) mass is 447 g/mol. The number of amides is 1. The van der Waals surface area contributed by atoms with Gasteiger partial charge in [-0.05, 0) is 17.7 Å². The van der Waals surface area contributed by atoms with Gasteiger partial charge in [-0.15, -0.1) is 11.3 Å². The Balaban J connectivity index is 1.75. The number of methoxy groups -OCH3 is 2. The van der Waals surface area contributed by atoms with Crippen LogP contribution < -0.4 is 19.5 Å². The number of sulfonamides is 1. The number of thiazole rings is 1. The molecule has 10 heteroatoms. The molecule has 3 rings (SSSR count). The van der Waals surface area contributed by atoms with Gasteiger partial charge in [0.25, 0.3) is 10.0 Å². The number of anilines is 1. The first kappa shape index (κ1) is 21.6. The molecule has 0 bridgehead atoms. The quantitative estimate of drug-likeness (QED) is 0.549. The molecule has 158 valence electrons. The van der Waals surface area contributed by atoms with Gasteiger partial charge in [0.1, 0.15) is 0 Å². The number of ether oxygens (including phenoxy) is 2. The molecule has 0 fully saturated rings. The van der Waals surface area contributed by atoms with Crippen molar-refractivity contribution in [2.75, 3.05) is 18.9 Å². The van der Waals surface area contributed by atoms with E-state index >= 15 is 0 Å². The molecule has 8 nitrogen and oxygen atoms in total. The standard InChI is InChI=1S/C20H21N3O5S2/c1-13(24)21-11-14-4-6-15(7-5-14)17-12-29-20(22-17)23-30(25,26)16-8-9-18(27-2)19(10-16)28-3/h4-10,12H,11H2,1-3H3,(H,21,24)(H,22,23). The van der Waals surface area contributed by atoms with Crippen LogP contribution in [-0.4, -0.2) is 33.5 Å². The highest BCUT2D eigenvalue weighted by atomic mass is 32.2. The van der Waals surface area contributed by atoms with E-state index in [2.05, 4.69) is 15.0 Å². The summed E-state index contributed by atoms with van der Waals surface area (Å²) in [5, 5.41) is 4.76. The van der Waals surface area contributed by atoms with E-state index in [9.17, 15) is 13.2 Å². The third kappa shape index (κ3) is 5.08. The van der Waals surface area contributed by atoms with Crippen LogP contribution in [0.3, 0.4) is 0 Å². The van der Waals surface area contributed by atoms with E-state index in [4.69, 9.17) is 9.47 Å². The fourth-order valence-electron chi connectivity index (χ4n) is 2.63. The highest BCUT2D eigenvalue weighted by Crippen LogP contribution is 2.31. The molecule has 0 aliphatic heterocycles. The zero-order chi connectivity index (χ0) is 21.7. The van der Waals surface area contributed by atoms with Crippen LogP contribution in [0.4, 0.5) is 5.13 Å². The molecule has 0 saturated carbocycles. The van der Waals surface area contributed by atoms with Crippen LogP contribution in [0.1, 0.15) is 12.5 Å². The molecule has 0 radical (unpaired) electrons. The van der Waals surface area contributed by atoms with Gasteiger partial charge in [0, 0.05) is 30.5 Å². The minimum Gasteiger partial charge on any atom is -0.493 e. The van der Waals surface area contributed by atoms with Crippen LogP contribution in [0.2, 0.25) is 0 Å². The smallest absolute Gasteiger partial charge is 0.263 e. The first-order valence-corrected chi connectivity index (χ1v) is 11.2. The molecule has 0 aliphatic rings. The molecular formula is C20H21N3O5S2. The lowest BCUT2D eigenvalue weighted by atomic mass is 10.1. The van der Waals surface area contributed by atoms with E-state index in [1.807, 2.05) is 24.3 Å². The minimum atomic E-state index is -3.84. The van der Waals surface area contributed by atoms with Gasteiger partial charge in [-0.1, -0.05) is 24.3 Å². The average molecular weight is 448 g/mol. The molecule has 1 heterocycles. The summed E-state index contributed by atoms with van der Waals surface area (Å²) < 4.78 is 38.2. The van der Waals surface area contributed by atoms with Gasteiger partial charge in [0.15, 0.2) is 16.6 Å². The summed E-state index contributed by atoms with van der Waals surface area (Å²) in [5.74, 6) is 0.666. The van der Waals surface area contributed by atoms with Crippen LogP contribution in [-0.2, 0) is 21.4 Å². The lowest BCUT2D eigenvalue weighted by Gasteiger charge is -2.10. The van der Waals surface area contributed by atoms with Crippen molar-refractivity contribution in [3.8, 4) is 22.8 Å². The Hall–Kier alpha value is -3.11. The molecule has 2 aromatic carbocycles. The van der Waals surface area contributed by atoms with E-state index in [1.165, 1.54) is 50.7 Å². The van der Waals surface area contributed by atoms with Gasteiger partial charge < -0.3 is 14.8 Å². The van der Waals surface area contributed by atoms with Gasteiger partial charge in [0.2, 0.25) is 5.91 Å². The highest BCUT2D eigenvalue weighted by molar-refractivity contribution is 7.93. The Bertz CT molecular complexity index is 1140. The number of rotatable bonds is 8. The lowest BCUT2D eigenvalue weighted by Crippen LogP contribution is -2.18. The van der Waals surface area contributed by atoms with E-state index in [0.29, 0.717) is 23.7 Å². The summed E-state index contributed by atoms with van der Waals surface area (Å²) in [5.41, 5.74) is 2.45. The summed E-state index contributed by atoms with van der Waals surface area (Å²) in [6.07, 6.45) is 0. The predicted octanol–water partition coefficient (Wildman–Crippen LogP) is 3.26. The minimum absolute atomic E-state index is 0.0409. The fraction of sp³-hybridized carbons (Fsp3) is 0.200. The van der Waals surface area contributed by atoms with Gasteiger partial charge in [-0.25, -0.2) is 13.4 Å².